The van der Waals surface area contributed by atoms with Crippen LogP contribution in [0, 0.1) is 5.92 Å². The lowest BCUT2D eigenvalue weighted by Crippen LogP contribution is -2.36. The molecular weight excluding hydrogens is 196 g/mol. The maximum Gasteiger partial charge on any atom is 0.0300 e. The minimum atomic E-state index is 0.578. The first kappa shape index (κ1) is 13.2. The number of nitrogens with one attached hydrogen (secondary N) is 1. The lowest BCUT2D eigenvalue weighted by molar-refractivity contribution is 0.357. The Balaban J connectivity index is 2.57. The Morgan fingerprint density at radius 1 is 1.38 bits per heavy atom. The highest BCUT2D eigenvalue weighted by Crippen LogP contribution is 2.14. The maximum absolute atomic E-state index is 4.18. The molecule has 0 aromatic carbocycles. The van der Waals surface area contributed by atoms with Crippen LogP contribution in [0.1, 0.15) is 39.2 Å². The molecule has 2 heteroatoms. The van der Waals surface area contributed by atoms with Crippen LogP contribution in [0.4, 0.5) is 0 Å². The highest BCUT2D eigenvalue weighted by Gasteiger charge is 2.15. The van der Waals surface area contributed by atoms with E-state index in [1.807, 2.05) is 18.5 Å². The van der Waals surface area contributed by atoms with E-state index in [0.717, 1.165) is 18.9 Å². The van der Waals surface area contributed by atoms with E-state index in [4.69, 9.17) is 0 Å². The van der Waals surface area contributed by atoms with Crippen molar-refractivity contribution in [2.24, 2.45) is 5.92 Å². The van der Waals surface area contributed by atoms with E-state index in [2.05, 4.69) is 37.1 Å². The van der Waals surface area contributed by atoms with Gasteiger partial charge in [-0.3, -0.25) is 4.98 Å². The summed E-state index contributed by atoms with van der Waals surface area (Å²) < 4.78 is 0. The largest absolute Gasteiger partial charge is 0.314 e. The fraction of sp³-hybridized carbons (Fsp3) is 0.643. The van der Waals surface area contributed by atoms with Crippen molar-refractivity contribution in [2.75, 3.05) is 6.54 Å². The number of pyridine rings is 1. The number of aromatic nitrogens is 1. The van der Waals surface area contributed by atoms with Crippen LogP contribution in [0.3, 0.4) is 0 Å². The van der Waals surface area contributed by atoms with E-state index < -0.39 is 0 Å². The first-order valence-corrected chi connectivity index (χ1v) is 6.40. The van der Waals surface area contributed by atoms with Crippen LogP contribution in [-0.2, 0) is 6.42 Å². The number of nitrogens with zero attached hydrogens (tertiary/aromatic N) is 1. The highest BCUT2D eigenvalue weighted by molar-refractivity contribution is 5.10. The van der Waals surface area contributed by atoms with Gasteiger partial charge in [-0.15, -0.1) is 0 Å². The number of hydrogen-bond acceptors (Lipinski definition) is 2. The zero-order chi connectivity index (χ0) is 11.8. The van der Waals surface area contributed by atoms with E-state index in [9.17, 15) is 0 Å². The van der Waals surface area contributed by atoms with Gasteiger partial charge in [-0.2, -0.15) is 0 Å². The first-order valence-electron chi connectivity index (χ1n) is 6.40. The quantitative estimate of drug-likeness (QED) is 0.764. The maximum atomic E-state index is 4.18. The lowest BCUT2D eigenvalue weighted by atomic mass is 9.92. The van der Waals surface area contributed by atoms with Crippen LogP contribution in [-0.4, -0.2) is 17.6 Å². The van der Waals surface area contributed by atoms with Gasteiger partial charge in [0.1, 0.15) is 0 Å². The summed E-state index contributed by atoms with van der Waals surface area (Å²) in [6.07, 6.45) is 7.45. The Bertz CT molecular complexity index is 271. The van der Waals surface area contributed by atoms with Crippen LogP contribution in [0.15, 0.2) is 24.5 Å². The molecule has 0 saturated heterocycles. The Labute approximate surface area is 99.5 Å². The van der Waals surface area contributed by atoms with Crippen molar-refractivity contribution < 1.29 is 0 Å². The van der Waals surface area contributed by atoms with Crippen molar-refractivity contribution in [1.29, 1.82) is 0 Å². The van der Waals surface area contributed by atoms with E-state index in [1.165, 1.54) is 18.4 Å². The second-order valence-corrected chi connectivity index (χ2v) is 4.50. The Hall–Kier alpha value is -0.890. The minimum absolute atomic E-state index is 0.578. The molecule has 0 aliphatic heterocycles. The molecule has 0 spiro atoms. The zero-order valence-electron chi connectivity index (χ0n) is 10.7. The summed E-state index contributed by atoms with van der Waals surface area (Å²) in [4.78, 5) is 4.18. The monoisotopic (exact) mass is 220 g/mol. The van der Waals surface area contributed by atoms with Gasteiger partial charge in [0, 0.05) is 18.4 Å². The molecule has 1 aromatic rings. The van der Waals surface area contributed by atoms with Gasteiger partial charge in [0.2, 0.25) is 0 Å². The molecule has 0 aliphatic carbocycles. The molecular formula is C14H24N2. The second kappa shape index (κ2) is 7.39. The molecule has 0 bridgehead atoms. The summed E-state index contributed by atoms with van der Waals surface area (Å²) in [6.45, 7) is 7.81. The molecule has 0 aliphatic rings. The topological polar surface area (TPSA) is 24.9 Å². The molecule has 1 aromatic heterocycles. The summed E-state index contributed by atoms with van der Waals surface area (Å²) in [5.74, 6) is 0.727. The van der Waals surface area contributed by atoms with E-state index in [-0.39, 0.29) is 0 Å². The molecule has 2 unspecified atom stereocenters. The Morgan fingerprint density at radius 2 is 2.19 bits per heavy atom. The van der Waals surface area contributed by atoms with Gasteiger partial charge in [0.05, 0.1) is 0 Å². The first-order chi connectivity index (χ1) is 7.77. The fourth-order valence-electron chi connectivity index (χ4n) is 2.17. The lowest BCUT2D eigenvalue weighted by Gasteiger charge is -2.24. The van der Waals surface area contributed by atoms with E-state index in [1.54, 1.807) is 0 Å². The van der Waals surface area contributed by atoms with E-state index >= 15 is 0 Å². The summed E-state index contributed by atoms with van der Waals surface area (Å²) in [7, 11) is 0. The molecule has 1 N–H and O–H groups in total. The van der Waals surface area contributed by atoms with Crippen LogP contribution in [0.5, 0.6) is 0 Å². The fourth-order valence-corrected chi connectivity index (χ4v) is 2.17. The van der Waals surface area contributed by atoms with Crippen molar-refractivity contribution >= 4 is 0 Å². The summed E-state index contributed by atoms with van der Waals surface area (Å²) in [5.41, 5.74) is 1.33. The summed E-state index contributed by atoms with van der Waals surface area (Å²) in [6, 6.07) is 4.76. The molecule has 16 heavy (non-hydrogen) atoms. The minimum Gasteiger partial charge on any atom is -0.314 e. The third-order valence-electron chi connectivity index (χ3n) is 3.08. The molecule has 1 heterocycles. The van der Waals surface area contributed by atoms with Crippen molar-refractivity contribution in [2.45, 2.75) is 46.1 Å². The molecule has 90 valence electrons. The van der Waals surface area contributed by atoms with Gasteiger partial charge < -0.3 is 5.32 Å². The summed E-state index contributed by atoms with van der Waals surface area (Å²) >= 11 is 0. The predicted octanol–water partition coefficient (Wildman–Crippen LogP) is 3.04. The second-order valence-electron chi connectivity index (χ2n) is 4.50. The third kappa shape index (κ3) is 4.31. The number of rotatable bonds is 7. The third-order valence-corrected chi connectivity index (χ3v) is 3.08. The van der Waals surface area contributed by atoms with Crippen LogP contribution < -0.4 is 5.32 Å². The Kier molecular flexibility index (Phi) is 6.09. The number of likely N-dealkylation sites (N-methyl/N-ethyl adjacent to an activating group) is 1. The van der Waals surface area contributed by atoms with Gasteiger partial charge in [-0.25, -0.2) is 0 Å². The molecule has 0 saturated carbocycles. The van der Waals surface area contributed by atoms with Gasteiger partial charge in [0.25, 0.3) is 0 Å². The standard InChI is InChI=1S/C14H24N2/c1-4-7-12(3)14(16-5-2)10-13-8-6-9-15-11-13/h6,8-9,11-12,14,16H,4-5,7,10H2,1-3H3. The van der Waals surface area contributed by atoms with Crippen molar-refractivity contribution in [1.82, 2.24) is 10.3 Å². The van der Waals surface area contributed by atoms with Crippen molar-refractivity contribution in [3.8, 4) is 0 Å². The zero-order valence-corrected chi connectivity index (χ0v) is 10.7. The molecule has 0 amide bonds. The van der Waals surface area contributed by atoms with Crippen LogP contribution in [0.2, 0.25) is 0 Å². The average molecular weight is 220 g/mol. The smallest absolute Gasteiger partial charge is 0.0300 e. The van der Waals surface area contributed by atoms with Gasteiger partial charge in [-0.1, -0.05) is 33.3 Å². The molecule has 1 rings (SSSR count). The van der Waals surface area contributed by atoms with Crippen molar-refractivity contribution in [3.63, 3.8) is 0 Å². The average Bonchev–Trinajstić information content (AvgIpc) is 2.30. The molecule has 2 atom stereocenters. The molecule has 0 fully saturated rings. The van der Waals surface area contributed by atoms with Gasteiger partial charge in [-0.05, 0) is 36.9 Å². The normalized spacial score (nSPS) is 14.7. The van der Waals surface area contributed by atoms with Gasteiger partial charge in [0.15, 0.2) is 0 Å². The molecule has 0 radical (unpaired) electrons. The highest BCUT2D eigenvalue weighted by atomic mass is 14.9. The predicted molar refractivity (Wildman–Crippen MR) is 69.5 cm³/mol. The van der Waals surface area contributed by atoms with E-state index in [0.29, 0.717) is 6.04 Å². The van der Waals surface area contributed by atoms with Crippen molar-refractivity contribution in [3.05, 3.63) is 30.1 Å². The molecule has 2 nitrogen and oxygen atoms in total. The Morgan fingerprint density at radius 3 is 2.75 bits per heavy atom. The van der Waals surface area contributed by atoms with Crippen LogP contribution in [0.25, 0.3) is 0 Å². The van der Waals surface area contributed by atoms with Crippen LogP contribution >= 0.6 is 0 Å². The van der Waals surface area contributed by atoms with Gasteiger partial charge >= 0.3 is 0 Å². The number of hydrogen-bond donors (Lipinski definition) is 1. The summed E-state index contributed by atoms with van der Waals surface area (Å²) in [5, 5.41) is 3.59. The SMILES string of the molecule is CCCC(C)C(Cc1cccnc1)NCC.